The largest absolute Gasteiger partial charge is 0.458 e. The van der Waals surface area contributed by atoms with Crippen molar-refractivity contribution in [1.82, 2.24) is 14.5 Å². The molecule has 4 unspecified atom stereocenters. The number of nitrogens with two attached hydrogens (primary N) is 1. The minimum absolute atomic E-state index is 0.0151. The Morgan fingerprint density at radius 3 is 2.16 bits per heavy atom. The molecule has 4 rings (SSSR count). The first-order valence-electron chi connectivity index (χ1n) is 12.0. The van der Waals surface area contributed by atoms with Crippen LogP contribution in [0.25, 0.3) is 10.3 Å². The number of aromatic nitrogens is 3. The lowest BCUT2D eigenvalue weighted by molar-refractivity contribution is -0.194. The predicted molar refractivity (Wildman–Crippen MR) is 131 cm³/mol. The summed E-state index contributed by atoms with van der Waals surface area (Å²) in [6.45, 7) is 7.90. The average molecular weight is 541 g/mol. The van der Waals surface area contributed by atoms with E-state index in [0.717, 1.165) is 24.2 Å². The number of fused-ring (bicyclic) bond motifs is 1. The van der Waals surface area contributed by atoms with Crippen LogP contribution in [-0.4, -0.2) is 63.1 Å². The van der Waals surface area contributed by atoms with E-state index in [4.69, 9.17) is 29.4 Å². The third-order valence-electron chi connectivity index (χ3n) is 5.73. The van der Waals surface area contributed by atoms with Crippen molar-refractivity contribution in [2.45, 2.75) is 97.2 Å². The maximum Gasteiger partial charge on any atom is 0.311 e. The molecule has 6 atom stereocenters. The van der Waals surface area contributed by atoms with Gasteiger partial charge in [-0.05, 0) is 12.8 Å². The molecular formula is C23H32N4O9S. The van der Waals surface area contributed by atoms with Crippen molar-refractivity contribution in [2.24, 2.45) is 0 Å². The molecule has 0 bridgehead atoms. The molecule has 204 valence electrons. The number of hydrogen-bond donors (Lipinski definition) is 1. The van der Waals surface area contributed by atoms with Gasteiger partial charge in [-0.2, -0.15) is 4.98 Å². The second-order valence-electron chi connectivity index (χ2n) is 8.62. The molecule has 0 aromatic carbocycles. The van der Waals surface area contributed by atoms with Gasteiger partial charge in [-0.15, -0.1) is 0 Å². The van der Waals surface area contributed by atoms with Gasteiger partial charge in [-0.1, -0.05) is 25.2 Å². The van der Waals surface area contributed by atoms with Gasteiger partial charge in [0.15, 0.2) is 18.0 Å². The first-order valence-corrected chi connectivity index (χ1v) is 12.8. The zero-order chi connectivity index (χ0) is 27.3. The Morgan fingerprint density at radius 2 is 1.57 bits per heavy atom. The van der Waals surface area contributed by atoms with Gasteiger partial charge in [0.2, 0.25) is 12.2 Å². The number of ether oxygens (including phenoxy) is 5. The Kier molecular flexibility index (Phi) is 9.56. The molecule has 13 nitrogen and oxygen atoms in total. The van der Waals surface area contributed by atoms with Gasteiger partial charge in [-0.3, -0.25) is 23.7 Å². The number of thiazole rings is 1. The Hall–Kier alpha value is -3.10. The molecule has 2 N–H and O–H groups in total. The molecule has 2 aliphatic heterocycles. The highest BCUT2D eigenvalue weighted by Gasteiger charge is 2.40. The topological polar surface area (TPSA) is 171 Å². The van der Waals surface area contributed by atoms with Crippen molar-refractivity contribution in [3.8, 4) is 0 Å². The van der Waals surface area contributed by atoms with Crippen molar-refractivity contribution in [2.75, 3.05) is 5.73 Å². The zero-order valence-corrected chi connectivity index (χ0v) is 22.2. The van der Waals surface area contributed by atoms with Crippen LogP contribution >= 0.6 is 11.3 Å². The van der Waals surface area contributed by atoms with E-state index in [0.29, 0.717) is 23.2 Å². The van der Waals surface area contributed by atoms with Crippen LogP contribution in [0.2, 0.25) is 0 Å². The standard InChI is InChI=1S/C13H16N4O4S.C10H16O5/c1-3-7-4-8(20-6(2)18)11(21-7)17-10-9(22-13(17)19)5-15-12(14)16-10;1-4-8-5-9(13-6(2)11)10(15-8)14-7(3)12/h5,7-8,11H,3-4H2,1-2H3,(H2,14,15,16);8-10H,4-5H2,1-3H3/t7-,8-,11?;/m1./s1. The highest BCUT2D eigenvalue weighted by molar-refractivity contribution is 7.16. The molecule has 0 aliphatic carbocycles. The molecule has 4 heterocycles. The lowest BCUT2D eigenvalue weighted by Gasteiger charge is -2.19. The van der Waals surface area contributed by atoms with Crippen LogP contribution in [0.15, 0.2) is 11.0 Å². The summed E-state index contributed by atoms with van der Waals surface area (Å²) < 4.78 is 28.6. The Labute approximate surface area is 217 Å². The van der Waals surface area contributed by atoms with Crippen LogP contribution in [0.5, 0.6) is 0 Å². The number of carbonyl (C=O) groups is 3. The maximum absolute atomic E-state index is 12.3. The van der Waals surface area contributed by atoms with E-state index in [2.05, 4.69) is 9.97 Å². The minimum atomic E-state index is -0.753. The van der Waals surface area contributed by atoms with Gasteiger partial charge in [0, 0.05) is 33.6 Å². The van der Waals surface area contributed by atoms with Crippen LogP contribution < -0.4 is 10.6 Å². The summed E-state index contributed by atoms with van der Waals surface area (Å²) in [6.07, 6.45) is 1.67. The molecule has 2 fully saturated rings. The first-order chi connectivity index (χ1) is 17.5. The lowest BCUT2D eigenvalue weighted by Crippen LogP contribution is -2.30. The molecule has 2 saturated heterocycles. The summed E-state index contributed by atoms with van der Waals surface area (Å²) in [5.41, 5.74) is 6.01. The van der Waals surface area contributed by atoms with E-state index in [1.807, 2.05) is 13.8 Å². The highest BCUT2D eigenvalue weighted by Crippen LogP contribution is 2.34. The number of hydrogen-bond acceptors (Lipinski definition) is 13. The smallest absolute Gasteiger partial charge is 0.311 e. The van der Waals surface area contributed by atoms with Crippen LogP contribution in [0.3, 0.4) is 0 Å². The van der Waals surface area contributed by atoms with E-state index in [-0.39, 0.29) is 23.0 Å². The third-order valence-corrected chi connectivity index (χ3v) is 6.61. The second-order valence-corrected chi connectivity index (χ2v) is 9.62. The van der Waals surface area contributed by atoms with Gasteiger partial charge in [0.1, 0.15) is 6.10 Å². The SMILES string of the molecule is CCC1CC(OC(C)=O)C(OC(C)=O)O1.CC[C@@H]1C[C@@H](OC(C)=O)C(n2c(=O)sc3cnc(N)nc32)O1. The van der Waals surface area contributed by atoms with Gasteiger partial charge in [-0.25, -0.2) is 4.98 Å². The number of rotatable bonds is 6. The van der Waals surface area contributed by atoms with Crippen LogP contribution in [0, 0.1) is 0 Å². The summed E-state index contributed by atoms with van der Waals surface area (Å²) >= 11 is 1.01. The van der Waals surface area contributed by atoms with E-state index >= 15 is 0 Å². The van der Waals surface area contributed by atoms with Crippen molar-refractivity contribution >= 4 is 45.5 Å². The van der Waals surface area contributed by atoms with Crippen molar-refractivity contribution < 1.29 is 38.1 Å². The summed E-state index contributed by atoms with van der Waals surface area (Å²) in [6, 6.07) is 0. The summed E-state index contributed by atoms with van der Waals surface area (Å²) in [5.74, 6) is -1.16. The fourth-order valence-corrected chi connectivity index (χ4v) is 4.97. The molecular weight excluding hydrogens is 508 g/mol. The number of carbonyl (C=O) groups excluding carboxylic acids is 3. The third kappa shape index (κ3) is 7.23. The summed E-state index contributed by atoms with van der Waals surface area (Å²) in [5, 5.41) is 0. The molecule has 2 aromatic heterocycles. The lowest BCUT2D eigenvalue weighted by atomic mass is 10.1. The van der Waals surface area contributed by atoms with Crippen molar-refractivity contribution in [3.63, 3.8) is 0 Å². The summed E-state index contributed by atoms with van der Waals surface area (Å²) in [7, 11) is 0. The summed E-state index contributed by atoms with van der Waals surface area (Å²) in [4.78, 5) is 53.0. The van der Waals surface area contributed by atoms with E-state index in [9.17, 15) is 19.2 Å². The van der Waals surface area contributed by atoms with E-state index in [1.165, 1.54) is 31.5 Å². The number of anilines is 1. The van der Waals surface area contributed by atoms with Crippen molar-refractivity contribution in [1.29, 1.82) is 0 Å². The van der Waals surface area contributed by atoms with E-state index in [1.54, 1.807) is 0 Å². The van der Waals surface area contributed by atoms with E-state index < -0.39 is 42.6 Å². The molecule has 37 heavy (non-hydrogen) atoms. The van der Waals surface area contributed by atoms with Crippen LogP contribution in [-0.2, 0) is 38.1 Å². The average Bonchev–Trinajstić information content (AvgIpc) is 3.47. The molecule has 2 aromatic rings. The first kappa shape index (κ1) is 28.5. The highest BCUT2D eigenvalue weighted by atomic mass is 32.1. The zero-order valence-electron chi connectivity index (χ0n) is 21.4. The van der Waals surface area contributed by atoms with Gasteiger partial charge in [0.05, 0.1) is 23.1 Å². The molecule has 0 saturated carbocycles. The Bertz CT molecular complexity index is 1160. The van der Waals surface area contributed by atoms with Gasteiger partial charge in [0.25, 0.3) is 0 Å². The second kappa shape index (κ2) is 12.4. The molecule has 0 spiro atoms. The molecule has 0 amide bonds. The quantitative estimate of drug-likeness (QED) is 0.418. The normalized spacial score (nSPS) is 26.8. The number of nitrogen functional groups attached to an aromatic ring is 1. The Balaban J connectivity index is 0.000000222. The fourth-order valence-electron chi connectivity index (χ4n) is 4.15. The molecule has 2 aliphatic rings. The van der Waals surface area contributed by atoms with Gasteiger partial charge < -0.3 is 29.4 Å². The Morgan fingerprint density at radius 1 is 1.00 bits per heavy atom. The monoisotopic (exact) mass is 540 g/mol. The molecule has 0 radical (unpaired) electrons. The number of esters is 3. The van der Waals surface area contributed by atoms with Crippen LogP contribution in [0.1, 0.15) is 66.5 Å². The maximum atomic E-state index is 12.3. The minimum Gasteiger partial charge on any atom is -0.458 e. The van der Waals surface area contributed by atoms with Crippen molar-refractivity contribution in [3.05, 3.63) is 15.9 Å². The van der Waals surface area contributed by atoms with Gasteiger partial charge >= 0.3 is 22.8 Å². The predicted octanol–water partition coefficient (Wildman–Crippen LogP) is 2.07. The fraction of sp³-hybridized carbons (Fsp3) is 0.652. The number of nitrogens with zero attached hydrogens (tertiary/aromatic N) is 3. The molecule has 14 heteroatoms. The van der Waals surface area contributed by atoms with Crippen LogP contribution in [0.4, 0.5) is 5.95 Å².